The minimum absolute atomic E-state index is 0.0186. The van der Waals surface area contributed by atoms with Gasteiger partial charge in [-0.25, -0.2) is 6.66 Å². The number of unbranched alkanes of at least 4 members (excludes halogenated alkanes) is 16. The normalized spacial score (nSPS) is 26.8. The van der Waals surface area contributed by atoms with Crippen molar-refractivity contribution in [2.75, 3.05) is 79.1 Å². The third-order valence-electron chi connectivity index (χ3n) is 22.8. The Hall–Kier alpha value is -3.77. The van der Waals surface area contributed by atoms with E-state index in [1.54, 1.807) is 20.8 Å². The Bertz CT molecular complexity index is 2570. The van der Waals surface area contributed by atoms with Gasteiger partial charge in [-0.3, -0.25) is 42.9 Å². The highest BCUT2D eigenvalue weighted by molar-refractivity contribution is 7.54. The van der Waals surface area contributed by atoms with Crippen molar-refractivity contribution < 1.29 is 137 Å². The zero-order valence-electron chi connectivity index (χ0n) is 69.3. The lowest BCUT2D eigenvalue weighted by molar-refractivity contribution is -0.282. The average Bonchev–Trinajstić information content (AvgIpc) is 1.71. The molecule has 4 rings (SSSR count). The van der Waals surface area contributed by atoms with Crippen molar-refractivity contribution in [3.05, 3.63) is 6.66 Å². The summed E-state index contributed by atoms with van der Waals surface area (Å²) in [6.45, 7) is 8.58. The zero-order valence-corrected chi connectivity index (χ0v) is 70.1. The molecule has 0 saturated carbocycles. The number of nitrogens with one attached hydrogen (secondary N) is 2. The van der Waals surface area contributed by atoms with E-state index in [2.05, 4.69) is 17.3 Å². The van der Waals surface area contributed by atoms with E-state index in [0.29, 0.717) is 199 Å². The minimum atomic E-state index is -3.99. The van der Waals surface area contributed by atoms with Gasteiger partial charge in [0.05, 0.1) is 70.1 Å². The first-order valence-electron chi connectivity index (χ1n) is 43.2. The van der Waals surface area contributed by atoms with Gasteiger partial charge in [-0.05, 0) is 116 Å². The van der Waals surface area contributed by atoms with Crippen LogP contribution in [0.25, 0.3) is 0 Å². The van der Waals surface area contributed by atoms with Crippen LogP contribution >= 0.6 is 7.60 Å². The highest BCUT2D eigenvalue weighted by Crippen LogP contribution is 2.41. The quantitative estimate of drug-likeness (QED) is 0.0167. The monoisotopic (exact) mass is 1660 g/mol. The molecule has 0 aromatic rings. The summed E-state index contributed by atoms with van der Waals surface area (Å²) < 4.78 is 57.1. The van der Waals surface area contributed by atoms with Gasteiger partial charge in [0.25, 0.3) is 0 Å². The molecule has 0 aromatic heterocycles. The SMILES string of the molecule is [CH2-]P(=O)(O)OC[C@@H]1C[C@@H](O)CN1C(=O)CCCCCCCCCCC(=O)CC(CCCCC(=O)CCCCCC(=O)CCCCOC1OC(CO)C(O)C(O)C1C)(CCCCC(=O)NCCCNC(=O)CCCCOC1OC(CO)C(O)C(O)C1C)COCCC(=O)CCCCCC(=O)CCCCOC1OC(CO)C(O)C(O)C1C. The van der Waals surface area contributed by atoms with E-state index >= 15 is 0 Å². The summed E-state index contributed by atoms with van der Waals surface area (Å²) in [4.78, 5) is 116. The van der Waals surface area contributed by atoms with Gasteiger partial charge in [0, 0.05) is 146 Å². The molecule has 3 amide bonds. The summed E-state index contributed by atoms with van der Waals surface area (Å²) >= 11 is 0. The molecule has 4 heterocycles. The lowest BCUT2D eigenvalue weighted by Crippen LogP contribution is -2.55. The van der Waals surface area contributed by atoms with Crippen molar-refractivity contribution in [2.45, 2.75) is 370 Å². The molecule has 0 spiro atoms. The summed E-state index contributed by atoms with van der Waals surface area (Å²) in [6.07, 6.45) is 9.39. The topological polar surface area (TPSA) is 477 Å². The fourth-order valence-corrected chi connectivity index (χ4v) is 15.8. The molecule has 17 unspecified atom stereocenters. The molecule has 4 fully saturated rings. The number of amides is 3. The van der Waals surface area contributed by atoms with Gasteiger partial charge >= 0.3 is 0 Å². The van der Waals surface area contributed by atoms with Crippen LogP contribution in [0.1, 0.15) is 284 Å². The molecule has 0 aliphatic carbocycles. The van der Waals surface area contributed by atoms with Crippen molar-refractivity contribution in [3.63, 3.8) is 0 Å². The van der Waals surface area contributed by atoms with Crippen LogP contribution < -0.4 is 10.6 Å². The number of β-amino-alcohol motifs (C(OH)–C–C–N with tert-alkyl or cyclic N) is 1. The Kier molecular flexibility index (Phi) is 53.2. The third kappa shape index (κ3) is 42.5. The molecule has 31 nitrogen and oxygen atoms in total. The summed E-state index contributed by atoms with van der Waals surface area (Å²) in [5, 5.41) is 106. The predicted molar refractivity (Wildman–Crippen MR) is 425 cm³/mol. The second-order valence-electron chi connectivity index (χ2n) is 32.8. The lowest BCUT2D eigenvalue weighted by Gasteiger charge is -2.40. The van der Waals surface area contributed by atoms with Crippen molar-refractivity contribution in [1.82, 2.24) is 15.5 Å². The first-order chi connectivity index (χ1) is 55.0. The van der Waals surface area contributed by atoms with E-state index in [-0.39, 0.29) is 131 Å². The van der Waals surface area contributed by atoms with Crippen molar-refractivity contribution in [3.8, 4) is 0 Å². The van der Waals surface area contributed by atoms with Crippen LogP contribution in [0, 0.1) is 29.8 Å². The molecule has 668 valence electrons. The number of nitrogens with zero attached hydrogens (tertiary/aromatic N) is 1. The molecule has 0 aromatic carbocycles. The number of likely N-dealkylation sites (tertiary alicyclic amines) is 1. The van der Waals surface area contributed by atoms with Crippen LogP contribution in [0.15, 0.2) is 0 Å². The number of hydrogen-bond donors (Lipinski definition) is 13. The fourth-order valence-electron chi connectivity index (χ4n) is 15.4. The number of aliphatic hydroxyl groups excluding tert-OH is 10. The van der Waals surface area contributed by atoms with Gasteiger partial charge in [0.15, 0.2) is 26.5 Å². The smallest absolute Gasteiger partial charge is 0.222 e. The third-order valence-corrected chi connectivity index (χ3v) is 23.3. The predicted octanol–water partition coefficient (Wildman–Crippen LogP) is 6.90. The Labute approximate surface area is 682 Å². The first kappa shape index (κ1) is 104. The number of ketones is 5. The molecule has 13 N–H and O–H groups in total. The number of rotatable bonds is 68. The van der Waals surface area contributed by atoms with E-state index in [0.717, 1.165) is 38.5 Å². The molecule has 4 saturated heterocycles. The van der Waals surface area contributed by atoms with E-state index in [9.17, 15) is 98.9 Å². The lowest BCUT2D eigenvalue weighted by atomic mass is 9.74. The second-order valence-corrected chi connectivity index (χ2v) is 34.3. The Morgan fingerprint density at radius 1 is 0.426 bits per heavy atom. The average molecular weight is 1670 g/mol. The van der Waals surface area contributed by atoms with Gasteiger partial charge in [-0.2, -0.15) is 0 Å². The molecule has 0 radical (unpaired) electrons. The molecule has 115 heavy (non-hydrogen) atoms. The van der Waals surface area contributed by atoms with Crippen molar-refractivity contribution in [1.29, 1.82) is 0 Å². The summed E-state index contributed by atoms with van der Waals surface area (Å²) in [5.41, 5.74) is -0.660. The maximum Gasteiger partial charge on any atom is 0.222 e. The van der Waals surface area contributed by atoms with Gasteiger partial charge in [0.2, 0.25) is 17.7 Å². The van der Waals surface area contributed by atoms with E-state index < -0.39 is 137 Å². The maximum absolute atomic E-state index is 14.3. The fraction of sp³-hybridized carbons (Fsp3) is 0.892. The standard InChI is InChI=1S/C83H147N3O28P/c1-58-74(99)77(102)68(53-87)112-80(58)108-46-26-21-35-63(91)31-15-11-14-30-62(90)34-19-24-42-83(51-66(94)37-13-9-7-5-6-8-10-18-40-73(98)86-52-67(95)50-61(86)56-111-115(4,105)106,43-25-20-38-71(96)84-44-29-45-85-72(97)39-23-28-48-110-82-60(3)76(101)79(104)70(55-89)114-82)57-107-49-41-65(93)33-17-12-16-32-64(92)36-22-27-47-109-81-59(2)75(100)78(103)69(54-88)113-81/h58-61,67-70,74-82,87-89,95,99-104H,4-57H2,1-3H3,(H,84,96)(H,85,97)(H,105,106)/q-1/t58?,59?,60?,61-,67+,68?,69?,70?,74?,75?,76?,77?,78?,79?,80?,81?,82?,83?/m0/s1. The maximum atomic E-state index is 14.3. The Morgan fingerprint density at radius 3 is 1.15 bits per heavy atom. The highest BCUT2D eigenvalue weighted by atomic mass is 31.2. The van der Waals surface area contributed by atoms with Crippen LogP contribution in [0.5, 0.6) is 0 Å². The summed E-state index contributed by atoms with van der Waals surface area (Å²) in [6, 6.07) is -0.496. The van der Waals surface area contributed by atoms with Crippen LogP contribution in [0.2, 0.25) is 0 Å². The molecular formula is C83H147N3O28P-. The molecule has 0 bridgehead atoms. The van der Waals surface area contributed by atoms with Crippen molar-refractivity contribution >= 4 is 54.2 Å². The van der Waals surface area contributed by atoms with Crippen LogP contribution in [-0.4, -0.2) is 273 Å². The molecule has 4 aliphatic rings. The molecular weight excluding hydrogens is 1520 g/mol. The number of hydrogen-bond acceptors (Lipinski definition) is 27. The summed E-state index contributed by atoms with van der Waals surface area (Å²) in [7, 11) is -3.99. The van der Waals surface area contributed by atoms with Gasteiger partial charge in [-0.15, -0.1) is 0 Å². The van der Waals surface area contributed by atoms with E-state index in [4.69, 9.17) is 37.7 Å². The molecule has 4 aliphatic heterocycles. The Morgan fingerprint density at radius 2 is 0.757 bits per heavy atom. The highest BCUT2D eigenvalue weighted by Gasteiger charge is 2.45. The van der Waals surface area contributed by atoms with E-state index in [1.165, 1.54) is 4.90 Å². The Balaban J connectivity index is 1.28. The molecule has 19 atom stereocenters. The van der Waals surface area contributed by atoms with Crippen LogP contribution in [0.3, 0.4) is 0 Å². The number of carbonyl (C=O) groups excluding carboxylic acids is 8. The first-order valence-corrected chi connectivity index (χ1v) is 45.0. The number of carbonyl (C=O) groups is 8. The van der Waals surface area contributed by atoms with Gasteiger partial charge in [0.1, 0.15) is 65.5 Å². The van der Waals surface area contributed by atoms with Crippen LogP contribution in [0.4, 0.5) is 0 Å². The minimum Gasteiger partial charge on any atom is -0.394 e. The molecule has 32 heteroatoms. The number of Topliss-reactive ketones (excluding diaryl/α,β-unsaturated/α-hetero) is 5. The van der Waals surface area contributed by atoms with Crippen molar-refractivity contribution in [2.24, 2.45) is 23.2 Å². The van der Waals surface area contributed by atoms with Gasteiger partial charge < -0.3 is 109 Å². The largest absolute Gasteiger partial charge is 0.394 e. The number of ether oxygens (including phenoxy) is 7. The van der Waals surface area contributed by atoms with Gasteiger partial charge in [-0.1, -0.05) is 85.0 Å². The zero-order chi connectivity index (χ0) is 84.6. The van der Waals surface area contributed by atoms with Crippen LogP contribution in [-0.2, 0) is 80.6 Å². The number of aliphatic hydroxyl groups is 10. The summed E-state index contributed by atoms with van der Waals surface area (Å²) in [5.74, 6) is -1.53. The second kappa shape index (κ2) is 59.1. The van der Waals surface area contributed by atoms with E-state index in [1.807, 2.05) is 0 Å².